The van der Waals surface area contributed by atoms with E-state index < -0.39 is 0 Å². The van der Waals surface area contributed by atoms with Crippen LogP contribution in [0, 0.1) is 6.92 Å². The van der Waals surface area contributed by atoms with Crippen LogP contribution in [0.3, 0.4) is 0 Å². The summed E-state index contributed by atoms with van der Waals surface area (Å²) in [6, 6.07) is 2.25. The number of furan rings is 1. The minimum atomic E-state index is 0.0800. The van der Waals surface area contributed by atoms with Crippen LogP contribution in [-0.2, 0) is 13.6 Å². The molecule has 0 aliphatic rings. The summed E-state index contributed by atoms with van der Waals surface area (Å²) in [5, 5.41) is 4.27. The van der Waals surface area contributed by atoms with Crippen LogP contribution in [0.4, 0.5) is 0 Å². The van der Waals surface area contributed by atoms with Crippen molar-refractivity contribution in [2.75, 3.05) is 7.05 Å². The van der Waals surface area contributed by atoms with E-state index in [0.29, 0.717) is 0 Å². The molecule has 2 heterocycles. The third-order valence-electron chi connectivity index (χ3n) is 3.80. The van der Waals surface area contributed by atoms with Gasteiger partial charge in [0.05, 0.1) is 18.5 Å². The molecule has 0 saturated carbocycles. The number of likely N-dealkylation sites (N-methyl/N-ethyl adjacent to an activating group) is 1. The Hall–Kier alpha value is -1.59. The van der Waals surface area contributed by atoms with E-state index in [4.69, 9.17) is 10.2 Å². The number of hydrogen-bond acceptors (Lipinski definition) is 4. The number of nitrogens with zero attached hydrogens (tertiary/aromatic N) is 3. The molecule has 0 radical (unpaired) electrons. The molecule has 0 aromatic carbocycles. The molecular formula is C15H24N4O. The van der Waals surface area contributed by atoms with E-state index in [1.54, 1.807) is 6.26 Å². The van der Waals surface area contributed by atoms with Crippen LogP contribution in [0.5, 0.6) is 0 Å². The fourth-order valence-corrected chi connectivity index (χ4v) is 2.59. The van der Waals surface area contributed by atoms with Gasteiger partial charge in [0.25, 0.3) is 0 Å². The van der Waals surface area contributed by atoms with Gasteiger partial charge in [0, 0.05) is 37.0 Å². The van der Waals surface area contributed by atoms with Crippen LogP contribution in [0.2, 0.25) is 0 Å². The van der Waals surface area contributed by atoms with E-state index in [0.717, 1.165) is 24.3 Å². The Morgan fingerprint density at radius 1 is 1.50 bits per heavy atom. The van der Waals surface area contributed by atoms with Gasteiger partial charge in [-0.2, -0.15) is 5.10 Å². The summed E-state index contributed by atoms with van der Waals surface area (Å²) in [6.07, 6.45) is 6.60. The highest BCUT2D eigenvalue weighted by atomic mass is 16.3. The van der Waals surface area contributed by atoms with Crippen molar-refractivity contribution in [1.29, 1.82) is 0 Å². The molecule has 5 heteroatoms. The molecule has 0 aliphatic heterocycles. The van der Waals surface area contributed by atoms with Crippen molar-refractivity contribution in [3.8, 4) is 0 Å². The van der Waals surface area contributed by atoms with Gasteiger partial charge in [0.1, 0.15) is 5.76 Å². The zero-order valence-corrected chi connectivity index (χ0v) is 12.7. The summed E-state index contributed by atoms with van der Waals surface area (Å²) in [7, 11) is 4.03. The summed E-state index contributed by atoms with van der Waals surface area (Å²) < 4.78 is 7.19. The summed E-state index contributed by atoms with van der Waals surface area (Å²) in [4.78, 5) is 2.27. The lowest BCUT2D eigenvalue weighted by molar-refractivity contribution is 0.200. The van der Waals surface area contributed by atoms with Crippen LogP contribution in [0.25, 0.3) is 0 Å². The Morgan fingerprint density at radius 2 is 2.25 bits per heavy atom. The van der Waals surface area contributed by atoms with Gasteiger partial charge in [-0.3, -0.25) is 9.58 Å². The average Bonchev–Trinajstić information content (AvgIpc) is 2.99. The largest absolute Gasteiger partial charge is 0.469 e. The lowest BCUT2D eigenvalue weighted by Crippen LogP contribution is -2.38. The van der Waals surface area contributed by atoms with Crippen molar-refractivity contribution in [3.63, 3.8) is 0 Å². The molecule has 0 aliphatic carbocycles. The highest BCUT2D eigenvalue weighted by molar-refractivity contribution is 5.18. The highest BCUT2D eigenvalue weighted by Crippen LogP contribution is 2.26. The second-order valence-corrected chi connectivity index (χ2v) is 5.38. The molecule has 20 heavy (non-hydrogen) atoms. The molecule has 2 unspecified atom stereocenters. The Bertz CT molecular complexity index is 546. The number of hydrogen-bond donors (Lipinski definition) is 1. The van der Waals surface area contributed by atoms with E-state index >= 15 is 0 Å². The number of rotatable bonds is 6. The van der Waals surface area contributed by atoms with E-state index in [1.807, 2.05) is 37.1 Å². The van der Waals surface area contributed by atoms with Crippen molar-refractivity contribution in [1.82, 2.24) is 14.7 Å². The van der Waals surface area contributed by atoms with Crippen molar-refractivity contribution < 1.29 is 4.42 Å². The van der Waals surface area contributed by atoms with Crippen molar-refractivity contribution in [2.45, 2.75) is 38.9 Å². The predicted molar refractivity (Wildman–Crippen MR) is 79.1 cm³/mol. The Kier molecular flexibility index (Phi) is 4.62. The Balaban J connectivity index is 2.20. The molecule has 110 valence electrons. The fraction of sp³-hybridized carbons (Fsp3) is 0.533. The zero-order valence-electron chi connectivity index (χ0n) is 12.7. The molecule has 0 amide bonds. The number of aryl methyl sites for hydroxylation is 2. The quantitative estimate of drug-likeness (QED) is 0.879. The molecule has 0 fully saturated rings. The molecule has 5 nitrogen and oxygen atoms in total. The fourth-order valence-electron chi connectivity index (χ4n) is 2.59. The van der Waals surface area contributed by atoms with E-state index in [9.17, 15) is 0 Å². The van der Waals surface area contributed by atoms with Gasteiger partial charge in [-0.05, 0) is 26.5 Å². The number of aromatic nitrogens is 2. The van der Waals surface area contributed by atoms with Crippen molar-refractivity contribution in [3.05, 3.63) is 41.6 Å². The molecule has 2 aromatic heterocycles. The topological polar surface area (TPSA) is 60.2 Å². The molecular weight excluding hydrogens is 252 g/mol. The van der Waals surface area contributed by atoms with Gasteiger partial charge < -0.3 is 10.2 Å². The van der Waals surface area contributed by atoms with Gasteiger partial charge >= 0.3 is 0 Å². The average molecular weight is 276 g/mol. The van der Waals surface area contributed by atoms with Gasteiger partial charge in [-0.15, -0.1) is 0 Å². The smallest absolute Gasteiger partial charge is 0.105 e. The van der Waals surface area contributed by atoms with Crippen molar-refractivity contribution in [2.24, 2.45) is 12.8 Å². The highest BCUT2D eigenvalue weighted by Gasteiger charge is 2.25. The maximum absolute atomic E-state index is 6.32. The van der Waals surface area contributed by atoms with Crippen LogP contribution in [0.15, 0.2) is 29.1 Å². The van der Waals surface area contributed by atoms with Crippen molar-refractivity contribution >= 4 is 0 Å². The maximum Gasteiger partial charge on any atom is 0.105 e. The second kappa shape index (κ2) is 6.24. The minimum Gasteiger partial charge on any atom is -0.469 e. The van der Waals surface area contributed by atoms with Gasteiger partial charge in [0.15, 0.2) is 0 Å². The molecule has 2 rings (SSSR count). The second-order valence-electron chi connectivity index (χ2n) is 5.38. The van der Waals surface area contributed by atoms with E-state index in [2.05, 4.69) is 24.0 Å². The normalized spacial score (nSPS) is 14.7. The summed E-state index contributed by atoms with van der Waals surface area (Å²) in [5.41, 5.74) is 8.68. The third-order valence-corrected chi connectivity index (χ3v) is 3.80. The van der Waals surface area contributed by atoms with Gasteiger partial charge in [-0.25, -0.2) is 0 Å². The van der Waals surface area contributed by atoms with Crippen LogP contribution in [0.1, 0.15) is 36.3 Å². The molecule has 0 saturated heterocycles. The zero-order chi connectivity index (χ0) is 14.7. The molecule has 0 spiro atoms. The SMILES string of the molecule is CCC(N)C(c1cnn(C)c1)N(C)Cc1ccoc1C. The van der Waals surface area contributed by atoms with Gasteiger partial charge in [0.2, 0.25) is 0 Å². The summed E-state index contributed by atoms with van der Waals surface area (Å²) in [6.45, 7) is 4.92. The summed E-state index contributed by atoms with van der Waals surface area (Å²) in [5.74, 6) is 0.965. The number of nitrogens with two attached hydrogens (primary N) is 1. The molecule has 2 atom stereocenters. The predicted octanol–water partition coefficient (Wildman–Crippen LogP) is 2.23. The van der Waals surface area contributed by atoms with E-state index in [1.165, 1.54) is 5.56 Å². The molecule has 2 aromatic rings. The first-order valence-corrected chi connectivity index (χ1v) is 7.00. The molecule has 2 N–H and O–H groups in total. The van der Waals surface area contributed by atoms with Crippen LogP contribution >= 0.6 is 0 Å². The standard InChI is InChI=1S/C15H24N4O/c1-5-14(16)15(13-8-17-19(4)10-13)18(3)9-12-6-7-20-11(12)2/h6-8,10,14-15H,5,9,16H2,1-4H3. The first-order valence-electron chi connectivity index (χ1n) is 7.00. The first-order chi connectivity index (χ1) is 9.52. The first kappa shape index (κ1) is 14.8. The third kappa shape index (κ3) is 3.11. The maximum atomic E-state index is 6.32. The summed E-state index contributed by atoms with van der Waals surface area (Å²) >= 11 is 0. The lowest BCUT2D eigenvalue weighted by atomic mass is 9.99. The van der Waals surface area contributed by atoms with Crippen LogP contribution < -0.4 is 5.73 Å². The van der Waals surface area contributed by atoms with Gasteiger partial charge in [-0.1, -0.05) is 6.92 Å². The van der Waals surface area contributed by atoms with Crippen LogP contribution in [-0.4, -0.2) is 27.8 Å². The molecule has 0 bridgehead atoms. The minimum absolute atomic E-state index is 0.0800. The monoisotopic (exact) mass is 276 g/mol. The lowest BCUT2D eigenvalue weighted by Gasteiger charge is -2.31. The Morgan fingerprint density at radius 3 is 2.75 bits per heavy atom. The van der Waals surface area contributed by atoms with E-state index in [-0.39, 0.29) is 12.1 Å². The Labute approximate surface area is 120 Å².